The fourth-order valence-corrected chi connectivity index (χ4v) is 2.18. The quantitative estimate of drug-likeness (QED) is 0.829. The van der Waals surface area contributed by atoms with Crippen molar-refractivity contribution in [2.75, 3.05) is 6.61 Å². The van der Waals surface area contributed by atoms with Crippen molar-refractivity contribution in [3.05, 3.63) is 35.9 Å². The molecule has 1 aliphatic rings. The molecule has 1 heterocycles. The van der Waals surface area contributed by atoms with Crippen molar-refractivity contribution in [1.82, 2.24) is 4.90 Å². The first kappa shape index (κ1) is 13.9. The van der Waals surface area contributed by atoms with Gasteiger partial charge in [0.15, 0.2) is 0 Å². The topological polar surface area (TPSA) is 29.5 Å². The maximum atomic E-state index is 12.9. The number of ether oxygens (including phenoxy) is 1. The standard InChI is InChI=1S/C13H14F3NO2/c1-2-11(18)17-10(9-6-4-3-5-7-9)8-19-12(17)13(14,15)16/h3-7,10,12H,2,8H2,1H3/t10-,12-/m0/s1. The lowest BCUT2D eigenvalue weighted by Gasteiger charge is -2.29. The Morgan fingerprint density at radius 2 is 2.00 bits per heavy atom. The van der Waals surface area contributed by atoms with Crippen LogP contribution in [0.2, 0.25) is 0 Å². The highest BCUT2D eigenvalue weighted by atomic mass is 19.4. The van der Waals surface area contributed by atoms with Gasteiger partial charge >= 0.3 is 6.18 Å². The molecule has 0 radical (unpaired) electrons. The summed E-state index contributed by atoms with van der Waals surface area (Å²) in [7, 11) is 0. The maximum Gasteiger partial charge on any atom is 0.433 e. The summed E-state index contributed by atoms with van der Waals surface area (Å²) in [5.74, 6) is -0.561. The fraction of sp³-hybridized carbons (Fsp3) is 0.462. The summed E-state index contributed by atoms with van der Waals surface area (Å²) < 4.78 is 43.4. The molecule has 1 aliphatic heterocycles. The van der Waals surface area contributed by atoms with E-state index >= 15 is 0 Å². The lowest BCUT2D eigenvalue weighted by Crippen LogP contribution is -2.46. The zero-order valence-corrected chi connectivity index (χ0v) is 10.4. The zero-order chi connectivity index (χ0) is 14.0. The molecule has 0 aromatic heterocycles. The summed E-state index contributed by atoms with van der Waals surface area (Å²) in [4.78, 5) is 12.6. The number of halogens is 3. The summed E-state index contributed by atoms with van der Waals surface area (Å²) in [5.41, 5.74) is 0.649. The number of nitrogens with zero attached hydrogens (tertiary/aromatic N) is 1. The van der Waals surface area contributed by atoms with Crippen molar-refractivity contribution >= 4 is 5.91 Å². The first-order valence-corrected chi connectivity index (χ1v) is 5.99. The van der Waals surface area contributed by atoms with E-state index in [4.69, 9.17) is 4.74 Å². The molecule has 1 fully saturated rings. The number of amides is 1. The molecule has 6 heteroatoms. The molecule has 2 rings (SSSR count). The fourth-order valence-electron chi connectivity index (χ4n) is 2.18. The second kappa shape index (κ2) is 5.21. The Morgan fingerprint density at radius 3 is 2.53 bits per heavy atom. The Bertz CT molecular complexity index is 447. The molecule has 0 N–H and O–H groups in total. The Balaban J connectivity index is 2.32. The lowest BCUT2D eigenvalue weighted by atomic mass is 10.1. The van der Waals surface area contributed by atoms with Crippen molar-refractivity contribution < 1.29 is 22.7 Å². The summed E-state index contributed by atoms with van der Waals surface area (Å²) in [5, 5.41) is 0. The van der Waals surface area contributed by atoms with Gasteiger partial charge in [0.05, 0.1) is 12.6 Å². The van der Waals surface area contributed by atoms with E-state index < -0.39 is 24.4 Å². The average Bonchev–Trinajstić information content (AvgIpc) is 2.83. The molecule has 1 aromatic rings. The molecule has 104 valence electrons. The average molecular weight is 273 g/mol. The molecule has 2 atom stereocenters. The third kappa shape index (κ3) is 2.73. The highest BCUT2D eigenvalue weighted by Gasteiger charge is 2.52. The first-order valence-electron chi connectivity index (χ1n) is 5.99. The van der Waals surface area contributed by atoms with Gasteiger partial charge < -0.3 is 4.74 Å². The number of benzene rings is 1. The van der Waals surface area contributed by atoms with E-state index in [9.17, 15) is 18.0 Å². The number of carbonyl (C=O) groups excluding carboxylic acids is 1. The smallest absolute Gasteiger partial charge is 0.347 e. The lowest BCUT2D eigenvalue weighted by molar-refractivity contribution is -0.239. The molecular formula is C13H14F3NO2. The van der Waals surface area contributed by atoms with Gasteiger partial charge in [0.1, 0.15) is 0 Å². The molecule has 0 aliphatic carbocycles. The van der Waals surface area contributed by atoms with Crippen LogP contribution >= 0.6 is 0 Å². The van der Waals surface area contributed by atoms with Crippen molar-refractivity contribution in [2.45, 2.75) is 31.8 Å². The summed E-state index contributed by atoms with van der Waals surface area (Å²) in [6.07, 6.45) is -6.71. The second-order valence-electron chi connectivity index (χ2n) is 4.31. The van der Waals surface area contributed by atoms with E-state index in [2.05, 4.69) is 0 Å². The van der Waals surface area contributed by atoms with Gasteiger partial charge in [-0.15, -0.1) is 0 Å². The molecule has 1 aromatic carbocycles. The molecule has 19 heavy (non-hydrogen) atoms. The van der Waals surface area contributed by atoms with E-state index in [1.165, 1.54) is 6.92 Å². The van der Waals surface area contributed by atoms with Gasteiger partial charge in [-0.2, -0.15) is 13.2 Å². The van der Waals surface area contributed by atoms with Crippen LogP contribution in [0.1, 0.15) is 24.9 Å². The van der Waals surface area contributed by atoms with Crippen LogP contribution in [0, 0.1) is 0 Å². The van der Waals surface area contributed by atoms with Gasteiger partial charge in [0.25, 0.3) is 0 Å². The van der Waals surface area contributed by atoms with Gasteiger partial charge in [-0.3, -0.25) is 9.69 Å². The van der Waals surface area contributed by atoms with Crippen LogP contribution in [-0.2, 0) is 9.53 Å². The normalized spacial score (nSPS) is 23.7. The predicted octanol–water partition coefficient (Wildman–Crippen LogP) is 2.88. The van der Waals surface area contributed by atoms with Gasteiger partial charge in [0.2, 0.25) is 12.1 Å². The molecule has 3 nitrogen and oxygen atoms in total. The SMILES string of the molecule is CCC(=O)N1[C@H](C(F)(F)F)OC[C@H]1c1ccccc1. The zero-order valence-electron chi connectivity index (χ0n) is 10.4. The van der Waals surface area contributed by atoms with Crippen LogP contribution in [0.3, 0.4) is 0 Å². The Kier molecular flexibility index (Phi) is 3.80. The molecule has 0 saturated carbocycles. The van der Waals surface area contributed by atoms with Crippen LogP contribution < -0.4 is 0 Å². The van der Waals surface area contributed by atoms with Crippen molar-refractivity contribution in [1.29, 1.82) is 0 Å². The van der Waals surface area contributed by atoms with E-state index in [1.54, 1.807) is 30.3 Å². The van der Waals surface area contributed by atoms with Crippen molar-refractivity contribution in [3.8, 4) is 0 Å². The van der Waals surface area contributed by atoms with Crippen LogP contribution in [0.25, 0.3) is 0 Å². The minimum Gasteiger partial charge on any atom is -0.347 e. The van der Waals surface area contributed by atoms with Crippen LogP contribution in [-0.4, -0.2) is 29.8 Å². The number of hydrogen-bond donors (Lipinski definition) is 0. The second-order valence-corrected chi connectivity index (χ2v) is 4.31. The summed E-state index contributed by atoms with van der Waals surface area (Å²) in [6.45, 7) is 1.40. The minimum absolute atomic E-state index is 0.0132. The first-order chi connectivity index (χ1) is 8.95. The highest BCUT2D eigenvalue weighted by molar-refractivity contribution is 5.77. The third-order valence-electron chi connectivity index (χ3n) is 3.06. The molecule has 0 spiro atoms. The van der Waals surface area contributed by atoms with E-state index in [0.717, 1.165) is 4.90 Å². The van der Waals surface area contributed by atoms with E-state index in [0.29, 0.717) is 5.56 Å². The van der Waals surface area contributed by atoms with E-state index in [-0.39, 0.29) is 13.0 Å². The number of carbonyl (C=O) groups is 1. The predicted molar refractivity (Wildman–Crippen MR) is 62.1 cm³/mol. The summed E-state index contributed by atoms with van der Waals surface area (Å²) >= 11 is 0. The number of alkyl halides is 3. The molecule has 1 amide bonds. The molecule has 1 saturated heterocycles. The van der Waals surface area contributed by atoms with Crippen molar-refractivity contribution in [2.24, 2.45) is 0 Å². The highest BCUT2D eigenvalue weighted by Crippen LogP contribution is 2.38. The van der Waals surface area contributed by atoms with Gasteiger partial charge in [0, 0.05) is 6.42 Å². The summed E-state index contributed by atoms with van der Waals surface area (Å²) in [6, 6.07) is 7.94. The Morgan fingerprint density at radius 1 is 1.37 bits per heavy atom. The molecule has 0 unspecified atom stereocenters. The molecule has 0 bridgehead atoms. The molecular weight excluding hydrogens is 259 g/mol. The minimum atomic E-state index is -4.58. The maximum absolute atomic E-state index is 12.9. The Hall–Kier alpha value is -1.56. The van der Waals surface area contributed by atoms with Crippen LogP contribution in [0.5, 0.6) is 0 Å². The monoisotopic (exact) mass is 273 g/mol. The third-order valence-corrected chi connectivity index (χ3v) is 3.06. The number of rotatable bonds is 2. The number of hydrogen-bond acceptors (Lipinski definition) is 2. The van der Waals surface area contributed by atoms with Gasteiger partial charge in [-0.25, -0.2) is 0 Å². The van der Waals surface area contributed by atoms with E-state index in [1.807, 2.05) is 0 Å². The van der Waals surface area contributed by atoms with Crippen LogP contribution in [0.15, 0.2) is 30.3 Å². The van der Waals surface area contributed by atoms with Crippen LogP contribution in [0.4, 0.5) is 13.2 Å². The van der Waals surface area contributed by atoms with Crippen molar-refractivity contribution in [3.63, 3.8) is 0 Å². The van der Waals surface area contributed by atoms with Gasteiger partial charge in [-0.1, -0.05) is 37.3 Å². The Labute approximate surface area is 109 Å². The van der Waals surface area contributed by atoms with Gasteiger partial charge in [-0.05, 0) is 5.56 Å². The largest absolute Gasteiger partial charge is 0.433 e.